The molecule has 30 heavy (non-hydrogen) atoms. The van der Waals surface area contributed by atoms with Gasteiger partial charge in [-0.3, -0.25) is 9.59 Å². The lowest BCUT2D eigenvalue weighted by molar-refractivity contribution is -0.118. The van der Waals surface area contributed by atoms with E-state index in [2.05, 4.69) is 15.2 Å². The monoisotopic (exact) mass is 419 g/mol. The summed E-state index contributed by atoms with van der Waals surface area (Å²) < 4.78 is 1.80. The highest BCUT2D eigenvalue weighted by atomic mass is 32.2. The highest BCUT2D eigenvalue weighted by molar-refractivity contribution is 7.99. The molecule has 0 aliphatic heterocycles. The van der Waals surface area contributed by atoms with Gasteiger partial charge in [0.1, 0.15) is 5.82 Å². The molecule has 0 aliphatic carbocycles. The van der Waals surface area contributed by atoms with Gasteiger partial charge >= 0.3 is 0 Å². The summed E-state index contributed by atoms with van der Waals surface area (Å²) in [5.74, 6) is 0.526. The number of nitrogens with one attached hydrogen (secondary N) is 1. The van der Waals surface area contributed by atoms with Crippen LogP contribution in [0.25, 0.3) is 22.2 Å². The lowest BCUT2D eigenvalue weighted by atomic mass is 10.0. The molecule has 3 N–H and O–H groups in total. The Bertz CT molecular complexity index is 1210. The number of rotatable bonds is 8. The Morgan fingerprint density at radius 2 is 1.80 bits per heavy atom. The third-order valence-electron chi connectivity index (χ3n) is 4.90. The molecule has 1 amide bonds. The highest BCUT2D eigenvalue weighted by Gasteiger charge is 2.20. The Morgan fingerprint density at radius 1 is 1.07 bits per heavy atom. The molecule has 8 heteroatoms. The van der Waals surface area contributed by atoms with Crippen LogP contribution in [0.2, 0.25) is 0 Å². The number of nitrogens with two attached hydrogens (primary N) is 1. The van der Waals surface area contributed by atoms with Crippen LogP contribution in [0.5, 0.6) is 0 Å². The third kappa shape index (κ3) is 3.99. The zero-order valence-corrected chi connectivity index (χ0v) is 17.3. The molecular weight excluding hydrogens is 398 g/mol. The van der Waals surface area contributed by atoms with Crippen LogP contribution in [-0.4, -0.2) is 37.2 Å². The molecule has 4 rings (SSSR count). The number of amides is 1. The second-order valence-electron chi connectivity index (χ2n) is 6.92. The van der Waals surface area contributed by atoms with Crippen molar-refractivity contribution in [2.75, 3.05) is 5.75 Å². The standard InChI is InChI=1S/C22H21N5O2S/c1-27-19(12-11-18(23)29)25-26-22(27)30-13-17(28)20-15-9-5-6-10-16(15)24-21(20)14-7-3-2-4-8-14/h2-10,24H,11-13H2,1H3,(H2,23,29). The molecule has 0 saturated heterocycles. The second kappa shape index (κ2) is 8.54. The zero-order chi connectivity index (χ0) is 21.1. The number of primary amides is 1. The molecular formula is C22H21N5O2S. The van der Waals surface area contributed by atoms with Crippen LogP contribution in [0, 0.1) is 0 Å². The first-order valence-corrected chi connectivity index (χ1v) is 10.5. The molecule has 0 aliphatic rings. The van der Waals surface area contributed by atoms with Gasteiger partial charge in [-0.05, 0) is 11.6 Å². The van der Waals surface area contributed by atoms with Crippen LogP contribution < -0.4 is 5.73 Å². The van der Waals surface area contributed by atoms with E-state index in [1.807, 2.05) is 61.6 Å². The summed E-state index contributed by atoms with van der Waals surface area (Å²) in [5, 5.41) is 9.80. The Kier molecular flexibility index (Phi) is 5.67. The fourth-order valence-electron chi connectivity index (χ4n) is 3.38. The van der Waals surface area contributed by atoms with Crippen LogP contribution in [-0.2, 0) is 18.3 Å². The lowest BCUT2D eigenvalue weighted by Crippen LogP contribution is -2.13. The van der Waals surface area contributed by atoms with Gasteiger partial charge in [-0.2, -0.15) is 0 Å². The smallest absolute Gasteiger partial charge is 0.217 e. The summed E-state index contributed by atoms with van der Waals surface area (Å²) in [5.41, 5.74) is 8.61. The SMILES string of the molecule is Cn1c(CCC(N)=O)nnc1SCC(=O)c1c(-c2ccccc2)[nH]c2ccccc12. The third-order valence-corrected chi connectivity index (χ3v) is 5.92. The van der Waals surface area contributed by atoms with Crippen molar-refractivity contribution >= 4 is 34.4 Å². The van der Waals surface area contributed by atoms with E-state index < -0.39 is 0 Å². The number of aromatic nitrogens is 4. The quantitative estimate of drug-likeness (QED) is 0.336. The van der Waals surface area contributed by atoms with E-state index in [1.165, 1.54) is 11.8 Å². The van der Waals surface area contributed by atoms with Crippen molar-refractivity contribution in [3.8, 4) is 11.3 Å². The number of hydrogen-bond acceptors (Lipinski definition) is 5. The number of Topliss-reactive ketones (excluding diaryl/α,β-unsaturated/α-hetero) is 1. The van der Waals surface area contributed by atoms with Gasteiger partial charge in [-0.1, -0.05) is 60.3 Å². The number of benzene rings is 2. The molecule has 0 saturated carbocycles. The number of fused-ring (bicyclic) bond motifs is 1. The molecule has 7 nitrogen and oxygen atoms in total. The molecule has 0 atom stereocenters. The van der Waals surface area contributed by atoms with Crippen molar-refractivity contribution in [3.63, 3.8) is 0 Å². The zero-order valence-electron chi connectivity index (χ0n) is 16.5. The van der Waals surface area contributed by atoms with Crippen LogP contribution in [0.15, 0.2) is 59.8 Å². The van der Waals surface area contributed by atoms with Gasteiger partial charge in [0.25, 0.3) is 0 Å². The van der Waals surface area contributed by atoms with E-state index in [9.17, 15) is 9.59 Å². The van der Waals surface area contributed by atoms with Gasteiger partial charge < -0.3 is 15.3 Å². The fourth-order valence-corrected chi connectivity index (χ4v) is 4.18. The Hall–Kier alpha value is -3.39. The largest absolute Gasteiger partial charge is 0.370 e. The summed E-state index contributed by atoms with van der Waals surface area (Å²) in [6, 6.07) is 17.7. The predicted molar refractivity (Wildman–Crippen MR) is 117 cm³/mol. The number of carbonyl (C=O) groups excluding carboxylic acids is 2. The average molecular weight is 420 g/mol. The Morgan fingerprint density at radius 3 is 2.57 bits per heavy atom. The molecule has 2 aromatic heterocycles. The molecule has 0 fully saturated rings. The fraction of sp³-hybridized carbons (Fsp3) is 0.182. The number of thioether (sulfide) groups is 1. The first-order chi connectivity index (χ1) is 14.5. The van der Waals surface area contributed by atoms with Crippen molar-refractivity contribution in [3.05, 3.63) is 66.0 Å². The summed E-state index contributed by atoms with van der Waals surface area (Å²) in [4.78, 5) is 27.7. The van der Waals surface area contributed by atoms with E-state index in [0.29, 0.717) is 23.0 Å². The van der Waals surface area contributed by atoms with E-state index in [-0.39, 0.29) is 23.9 Å². The van der Waals surface area contributed by atoms with Gasteiger partial charge in [0, 0.05) is 30.8 Å². The molecule has 0 unspecified atom stereocenters. The van der Waals surface area contributed by atoms with Gasteiger partial charge in [0.05, 0.1) is 17.0 Å². The van der Waals surface area contributed by atoms with Gasteiger partial charge in [0.15, 0.2) is 10.9 Å². The molecule has 0 radical (unpaired) electrons. The number of nitrogens with zero attached hydrogens (tertiary/aromatic N) is 3. The van der Waals surface area contributed by atoms with Crippen molar-refractivity contribution in [1.82, 2.24) is 19.7 Å². The van der Waals surface area contributed by atoms with Crippen molar-refractivity contribution < 1.29 is 9.59 Å². The van der Waals surface area contributed by atoms with E-state index in [1.54, 1.807) is 4.57 Å². The predicted octanol–water partition coefficient (Wildman–Crippen LogP) is 3.36. The molecule has 4 aromatic rings. The van der Waals surface area contributed by atoms with Gasteiger partial charge in [-0.15, -0.1) is 10.2 Å². The highest BCUT2D eigenvalue weighted by Crippen LogP contribution is 2.32. The minimum atomic E-state index is -0.379. The van der Waals surface area contributed by atoms with Gasteiger partial charge in [-0.25, -0.2) is 0 Å². The van der Waals surface area contributed by atoms with Crippen LogP contribution >= 0.6 is 11.8 Å². The number of para-hydroxylation sites is 1. The average Bonchev–Trinajstić information content (AvgIpc) is 3.31. The Labute approximate surface area is 177 Å². The summed E-state index contributed by atoms with van der Waals surface area (Å²) in [7, 11) is 1.82. The first kappa shape index (κ1) is 19.9. The number of carbonyl (C=O) groups is 2. The number of hydrogen-bond donors (Lipinski definition) is 2. The second-order valence-corrected chi connectivity index (χ2v) is 7.87. The summed E-state index contributed by atoms with van der Waals surface area (Å²) in [6.45, 7) is 0. The first-order valence-electron chi connectivity index (χ1n) is 9.53. The number of aromatic amines is 1. The minimum Gasteiger partial charge on any atom is -0.370 e. The van der Waals surface area contributed by atoms with E-state index in [4.69, 9.17) is 5.73 Å². The molecule has 2 aromatic carbocycles. The minimum absolute atomic E-state index is 0.0120. The van der Waals surface area contributed by atoms with Crippen LogP contribution in [0.4, 0.5) is 0 Å². The maximum absolute atomic E-state index is 13.3. The maximum Gasteiger partial charge on any atom is 0.217 e. The maximum atomic E-state index is 13.3. The summed E-state index contributed by atoms with van der Waals surface area (Å²) >= 11 is 1.33. The number of ketones is 1. The molecule has 2 heterocycles. The van der Waals surface area contributed by atoms with Gasteiger partial charge in [0.2, 0.25) is 5.91 Å². The van der Waals surface area contributed by atoms with Crippen LogP contribution in [0.3, 0.4) is 0 Å². The van der Waals surface area contributed by atoms with E-state index in [0.717, 1.165) is 22.2 Å². The van der Waals surface area contributed by atoms with Crippen molar-refractivity contribution in [2.45, 2.75) is 18.0 Å². The normalized spacial score (nSPS) is 11.1. The van der Waals surface area contributed by atoms with E-state index >= 15 is 0 Å². The summed E-state index contributed by atoms with van der Waals surface area (Å²) in [6.07, 6.45) is 0.638. The van der Waals surface area contributed by atoms with Crippen molar-refractivity contribution in [2.24, 2.45) is 12.8 Å². The molecule has 152 valence electrons. The molecule has 0 spiro atoms. The Balaban J connectivity index is 1.59. The van der Waals surface area contributed by atoms with Crippen LogP contribution in [0.1, 0.15) is 22.6 Å². The number of H-pyrrole nitrogens is 1. The number of aryl methyl sites for hydroxylation is 1. The van der Waals surface area contributed by atoms with Crippen molar-refractivity contribution in [1.29, 1.82) is 0 Å². The lowest BCUT2D eigenvalue weighted by Gasteiger charge is -2.05. The molecule has 0 bridgehead atoms. The topological polar surface area (TPSA) is 107 Å².